The minimum atomic E-state index is -1.74. The summed E-state index contributed by atoms with van der Waals surface area (Å²) in [6.45, 7) is 2.31. The Labute approximate surface area is 347 Å². The van der Waals surface area contributed by atoms with E-state index in [0.29, 0.717) is 5.69 Å². The summed E-state index contributed by atoms with van der Waals surface area (Å²) in [7, 11) is 0. The monoisotopic (exact) mass is 848 g/mol. The van der Waals surface area contributed by atoms with Crippen LogP contribution in [0.2, 0.25) is 0 Å². The summed E-state index contributed by atoms with van der Waals surface area (Å²) in [6, 6.07) is 6.96. The molecule has 0 radical (unpaired) electrons. The van der Waals surface area contributed by atoms with Crippen molar-refractivity contribution in [3.63, 3.8) is 0 Å². The maximum atomic E-state index is 13.8. The van der Waals surface area contributed by atoms with Crippen molar-refractivity contribution in [1.29, 1.82) is 0 Å². The number of carboxylic acid groups (broad SMARTS) is 1. The summed E-state index contributed by atoms with van der Waals surface area (Å²) in [4.78, 5) is 39.2. The van der Waals surface area contributed by atoms with Crippen LogP contribution in [0.3, 0.4) is 0 Å². The van der Waals surface area contributed by atoms with Crippen LogP contribution >= 0.6 is 0 Å². The normalized spacial score (nSPS) is 35.7. The van der Waals surface area contributed by atoms with Crippen LogP contribution in [0.15, 0.2) is 36.5 Å². The maximum Gasteiger partial charge on any atom is 0.332 e. The molecule has 3 heterocycles. The average Bonchev–Trinajstić information content (AvgIpc) is 3.74. The number of carbonyl (C=O) groups excluding carboxylic acids is 2. The SMILES string of the molecule is CC(=O)NC1C(O[C@@H](CC2CCCCC2)C(=O)O)C(O)[C@H](CO)O[C@H]1OC1CC(C(=O)NCCN)C[C@@H](n2cc(-c3ccccc3)nn2)C1OC1OC(C)C(O)C(O)C1O. The Hall–Kier alpha value is -3.67. The fourth-order valence-corrected chi connectivity index (χ4v) is 8.80. The first-order valence-electron chi connectivity index (χ1n) is 20.8. The molecule has 20 heteroatoms. The van der Waals surface area contributed by atoms with Crippen LogP contribution in [0, 0.1) is 11.8 Å². The minimum Gasteiger partial charge on any atom is -0.479 e. The van der Waals surface area contributed by atoms with Gasteiger partial charge < -0.3 is 70.7 Å². The number of carboxylic acids is 1. The van der Waals surface area contributed by atoms with Gasteiger partial charge in [0, 0.05) is 31.5 Å². The van der Waals surface area contributed by atoms with Crippen molar-refractivity contribution in [3.05, 3.63) is 36.5 Å². The Bertz CT molecular complexity index is 1700. The molecule has 2 amide bonds. The van der Waals surface area contributed by atoms with Crippen molar-refractivity contribution >= 4 is 17.8 Å². The van der Waals surface area contributed by atoms with Crippen molar-refractivity contribution in [2.45, 2.75) is 151 Å². The average molecular weight is 849 g/mol. The van der Waals surface area contributed by atoms with Crippen LogP contribution in [0.4, 0.5) is 0 Å². The Morgan fingerprint density at radius 1 is 0.950 bits per heavy atom. The molecular weight excluding hydrogens is 788 g/mol. The topological polar surface area (TPSA) is 300 Å². The van der Waals surface area contributed by atoms with Gasteiger partial charge >= 0.3 is 5.97 Å². The van der Waals surface area contributed by atoms with Crippen molar-refractivity contribution in [2.24, 2.45) is 17.6 Å². The molecular formula is C40H60N6O14. The third kappa shape index (κ3) is 10.9. The molecule has 11 unspecified atom stereocenters. The molecule has 60 heavy (non-hydrogen) atoms. The summed E-state index contributed by atoms with van der Waals surface area (Å²) in [6.07, 6.45) is -10.7. The number of hydrogen-bond donors (Lipinski definition) is 9. The van der Waals surface area contributed by atoms with Crippen molar-refractivity contribution < 1.29 is 68.7 Å². The first kappa shape index (κ1) is 45.8. The number of aliphatic carboxylic acids is 1. The lowest BCUT2D eigenvalue weighted by atomic mass is 9.80. The van der Waals surface area contributed by atoms with E-state index in [1.165, 1.54) is 18.5 Å². The predicted octanol–water partition coefficient (Wildman–Crippen LogP) is -1.04. The highest BCUT2D eigenvalue weighted by Crippen LogP contribution is 2.41. The largest absolute Gasteiger partial charge is 0.479 e. The molecule has 2 aliphatic heterocycles. The number of hydrogen-bond acceptors (Lipinski definition) is 16. The van der Waals surface area contributed by atoms with Crippen LogP contribution in [-0.4, -0.2) is 163 Å². The van der Waals surface area contributed by atoms with Gasteiger partial charge in [0.15, 0.2) is 18.7 Å². The molecule has 6 rings (SSSR count). The Morgan fingerprint density at radius 3 is 2.35 bits per heavy atom. The number of rotatable bonds is 16. The number of carbonyl (C=O) groups is 3. The van der Waals surface area contributed by atoms with E-state index >= 15 is 0 Å². The summed E-state index contributed by atoms with van der Waals surface area (Å²) < 4.78 is 32.9. The zero-order valence-corrected chi connectivity index (χ0v) is 33.8. The van der Waals surface area contributed by atoms with Crippen LogP contribution < -0.4 is 16.4 Å². The molecule has 15 atom stereocenters. The molecule has 2 aromatic rings. The van der Waals surface area contributed by atoms with Gasteiger partial charge in [-0.1, -0.05) is 67.6 Å². The highest BCUT2D eigenvalue weighted by Gasteiger charge is 2.53. The molecule has 4 fully saturated rings. The quantitative estimate of drug-likeness (QED) is 0.0975. The van der Waals surface area contributed by atoms with E-state index in [9.17, 15) is 45.0 Å². The van der Waals surface area contributed by atoms with Gasteiger partial charge in [-0.3, -0.25) is 9.59 Å². The Balaban J connectivity index is 1.39. The van der Waals surface area contributed by atoms with Gasteiger partial charge in [-0.25, -0.2) is 9.48 Å². The lowest BCUT2D eigenvalue weighted by Crippen LogP contribution is -2.67. The van der Waals surface area contributed by atoms with Crippen LogP contribution in [0.25, 0.3) is 11.3 Å². The van der Waals surface area contributed by atoms with E-state index in [1.807, 2.05) is 30.3 Å². The van der Waals surface area contributed by atoms with E-state index in [4.69, 9.17) is 29.4 Å². The van der Waals surface area contributed by atoms with E-state index in [2.05, 4.69) is 20.9 Å². The second kappa shape index (κ2) is 20.9. The lowest BCUT2D eigenvalue weighted by molar-refractivity contribution is -0.337. The molecule has 2 aliphatic carbocycles. The Morgan fingerprint density at radius 2 is 1.68 bits per heavy atom. The first-order chi connectivity index (χ1) is 28.8. The van der Waals surface area contributed by atoms with Crippen LogP contribution in [0.1, 0.15) is 71.3 Å². The third-order valence-corrected chi connectivity index (χ3v) is 12.0. The molecule has 2 saturated carbocycles. The number of nitrogens with two attached hydrogens (primary N) is 1. The van der Waals surface area contributed by atoms with Gasteiger partial charge in [-0.15, -0.1) is 5.10 Å². The Kier molecular flexibility index (Phi) is 16.0. The van der Waals surface area contributed by atoms with E-state index in [0.717, 1.165) is 37.7 Å². The molecule has 1 aromatic heterocycles. The standard InChI is InChI=1S/C40H60N6O14/c1-20-31(49)33(51)34(52)40(56-20)60-35-26(46-18-25(44-45-46)23-11-7-4-8-12-23)16-24(37(53)42-14-13-41)17-27(35)58-39-30(43-21(2)48)36(32(50)29(19-47)59-39)57-28(38(54)55)15-22-9-5-3-6-10-22/h4,7-8,11-12,18,20,22,24,26-36,39-40,47,49-52H,3,5-6,9-10,13-17,19,41H2,1-2H3,(H,42,53)(H,43,48)(H,54,55)/t20?,24?,26-,27?,28+,29+,30?,31?,32?,33?,34?,35?,36?,39-,40?/m1/s1. The fourth-order valence-electron chi connectivity index (χ4n) is 8.80. The zero-order valence-electron chi connectivity index (χ0n) is 33.8. The highest BCUT2D eigenvalue weighted by atomic mass is 16.7. The van der Waals surface area contributed by atoms with Gasteiger partial charge in [0.1, 0.15) is 54.5 Å². The van der Waals surface area contributed by atoms with Crippen LogP contribution in [-0.2, 0) is 38.1 Å². The van der Waals surface area contributed by atoms with Crippen molar-refractivity contribution in [3.8, 4) is 11.3 Å². The van der Waals surface area contributed by atoms with E-state index < -0.39 is 110 Å². The molecule has 1 aromatic carbocycles. The van der Waals surface area contributed by atoms with Crippen molar-refractivity contribution in [2.75, 3.05) is 19.7 Å². The number of benzene rings is 1. The summed E-state index contributed by atoms with van der Waals surface area (Å²) in [5, 5.41) is 78.9. The summed E-state index contributed by atoms with van der Waals surface area (Å²) in [5.74, 6) is -2.95. The van der Waals surface area contributed by atoms with Crippen molar-refractivity contribution in [1.82, 2.24) is 25.6 Å². The number of nitrogens with zero attached hydrogens (tertiary/aromatic N) is 3. The van der Waals surface area contributed by atoms with Gasteiger partial charge in [-0.2, -0.15) is 0 Å². The predicted molar refractivity (Wildman–Crippen MR) is 208 cm³/mol. The van der Waals surface area contributed by atoms with Gasteiger partial charge in [0.05, 0.1) is 31.1 Å². The highest BCUT2D eigenvalue weighted by molar-refractivity contribution is 5.79. The molecule has 10 N–H and O–H groups in total. The smallest absolute Gasteiger partial charge is 0.332 e. The minimum absolute atomic E-state index is 0.0642. The molecule has 2 saturated heterocycles. The van der Waals surface area contributed by atoms with Gasteiger partial charge in [0.25, 0.3) is 0 Å². The second-order valence-electron chi connectivity index (χ2n) is 16.3. The number of ether oxygens (including phenoxy) is 5. The van der Waals surface area contributed by atoms with Gasteiger partial charge in [0.2, 0.25) is 11.8 Å². The fraction of sp³-hybridized carbons (Fsp3) is 0.725. The molecule has 4 aliphatic rings. The number of amides is 2. The zero-order chi connectivity index (χ0) is 43.1. The molecule has 0 spiro atoms. The third-order valence-electron chi connectivity index (χ3n) is 12.0. The van der Waals surface area contributed by atoms with Gasteiger partial charge in [-0.05, 0) is 32.1 Å². The lowest BCUT2D eigenvalue weighted by Gasteiger charge is -2.49. The van der Waals surface area contributed by atoms with Crippen LogP contribution in [0.5, 0.6) is 0 Å². The number of nitrogens with one attached hydrogen (secondary N) is 2. The summed E-state index contributed by atoms with van der Waals surface area (Å²) in [5.41, 5.74) is 6.95. The first-order valence-corrected chi connectivity index (χ1v) is 20.8. The molecule has 334 valence electrons. The maximum absolute atomic E-state index is 13.8. The number of aliphatic hydroxyl groups excluding tert-OH is 5. The van der Waals surface area contributed by atoms with E-state index in [-0.39, 0.29) is 44.2 Å². The summed E-state index contributed by atoms with van der Waals surface area (Å²) >= 11 is 0. The van der Waals surface area contributed by atoms with E-state index in [1.54, 1.807) is 6.20 Å². The second-order valence-corrected chi connectivity index (χ2v) is 16.3. The molecule has 20 nitrogen and oxygen atoms in total. The number of aromatic nitrogens is 3. The number of aliphatic hydroxyl groups is 5. The molecule has 0 bridgehead atoms.